The summed E-state index contributed by atoms with van der Waals surface area (Å²) >= 11 is 0. The number of ether oxygens (including phenoxy) is 1. The molecule has 0 saturated carbocycles. The third kappa shape index (κ3) is 3.75. The SMILES string of the molecule is CCC(C)[C@H](N)C(=O)C[C@@H]1O[C@H](CO)[C@@H](O)[C@H](O)[C@H]1O. The average molecular weight is 291 g/mol. The first kappa shape index (κ1) is 17.5. The van der Waals surface area contributed by atoms with Crippen molar-refractivity contribution in [2.24, 2.45) is 11.7 Å². The highest BCUT2D eigenvalue weighted by Gasteiger charge is 2.44. The van der Waals surface area contributed by atoms with E-state index in [1.165, 1.54) is 0 Å². The molecule has 1 fully saturated rings. The zero-order valence-electron chi connectivity index (χ0n) is 11.8. The van der Waals surface area contributed by atoms with Gasteiger partial charge in [0.25, 0.3) is 0 Å². The van der Waals surface area contributed by atoms with Crippen LogP contribution in [0.2, 0.25) is 0 Å². The van der Waals surface area contributed by atoms with Gasteiger partial charge in [0, 0.05) is 6.42 Å². The Morgan fingerprint density at radius 2 is 1.75 bits per heavy atom. The summed E-state index contributed by atoms with van der Waals surface area (Å²) < 4.78 is 5.28. The molecule has 1 aliphatic heterocycles. The normalized spacial score (nSPS) is 37.5. The Kier molecular flexibility index (Phi) is 6.50. The molecule has 7 atom stereocenters. The van der Waals surface area contributed by atoms with Crippen molar-refractivity contribution >= 4 is 5.78 Å². The lowest BCUT2D eigenvalue weighted by molar-refractivity contribution is -0.229. The number of carbonyl (C=O) groups excluding carboxylic acids is 1. The molecule has 1 heterocycles. The van der Waals surface area contributed by atoms with Crippen molar-refractivity contribution in [2.75, 3.05) is 6.61 Å². The summed E-state index contributed by atoms with van der Waals surface area (Å²) in [6.45, 7) is 3.27. The van der Waals surface area contributed by atoms with Crippen LogP contribution in [0.1, 0.15) is 26.7 Å². The lowest BCUT2D eigenvalue weighted by Crippen LogP contribution is -2.59. The number of carbonyl (C=O) groups is 1. The van der Waals surface area contributed by atoms with Crippen LogP contribution < -0.4 is 5.73 Å². The molecule has 7 nitrogen and oxygen atoms in total. The molecule has 0 spiro atoms. The molecule has 1 rings (SSSR count). The third-order valence-electron chi connectivity index (χ3n) is 4.02. The second-order valence-electron chi connectivity index (χ2n) is 5.45. The van der Waals surface area contributed by atoms with Gasteiger partial charge in [0.2, 0.25) is 0 Å². The largest absolute Gasteiger partial charge is 0.394 e. The van der Waals surface area contributed by atoms with Crippen LogP contribution in [0, 0.1) is 5.92 Å². The zero-order chi connectivity index (χ0) is 15.4. The second kappa shape index (κ2) is 7.44. The predicted octanol–water partition coefficient (Wildman–Crippen LogP) is -1.84. The molecule has 0 radical (unpaired) electrons. The first-order valence-corrected chi connectivity index (χ1v) is 6.92. The van der Waals surface area contributed by atoms with Crippen LogP contribution in [0.25, 0.3) is 0 Å². The smallest absolute Gasteiger partial charge is 0.152 e. The Balaban J connectivity index is 2.68. The summed E-state index contributed by atoms with van der Waals surface area (Å²) in [6.07, 6.45) is -5.64. The maximum Gasteiger partial charge on any atom is 0.152 e. The Morgan fingerprint density at radius 3 is 2.25 bits per heavy atom. The van der Waals surface area contributed by atoms with Crippen molar-refractivity contribution in [1.29, 1.82) is 0 Å². The van der Waals surface area contributed by atoms with E-state index in [1.807, 2.05) is 13.8 Å². The highest BCUT2D eigenvalue weighted by molar-refractivity contribution is 5.84. The van der Waals surface area contributed by atoms with Gasteiger partial charge in [-0.25, -0.2) is 0 Å². The van der Waals surface area contributed by atoms with Crippen molar-refractivity contribution in [3.05, 3.63) is 0 Å². The zero-order valence-corrected chi connectivity index (χ0v) is 11.8. The van der Waals surface area contributed by atoms with Gasteiger partial charge >= 0.3 is 0 Å². The lowest BCUT2D eigenvalue weighted by atomic mass is 9.88. The minimum atomic E-state index is -1.46. The van der Waals surface area contributed by atoms with Gasteiger partial charge in [-0.2, -0.15) is 0 Å². The van der Waals surface area contributed by atoms with E-state index < -0.39 is 43.2 Å². The van der Waals surface area contributed by atoms with Crippen LogP contribution in [0.3, 0.4) is 0 Å². The topological polar surface area (TPSA) is 133 Å². The molecule has 1 aliphatic rings. The van der Waals surface area contributed by atoms with Crippen LogP contribution in [0.15, 0.2) is 0 Å². The molecule has 0 aromatic heterocycles. The van der Waals surface area contributed by atoms with Crippen LogP contribution >= 0.6 is 0 Å². The summed E-state index contributed by atoms with van der Waals surface area (Å²) in [4.78, 5) is 12.0. The maximum atomic E-state index is 12.0. The highest BCUT2D eigenvalue weighted by atomic mass is 16.5. The van der Waals surface area contributed by atoms with Crippen molar-refractivity contribution < 1.29 is 30.0 Å². The van der Waals surface area contributed by atoms with Gasteiger partial charge in [-0.3, -0.25) is 4.79 Å². The number of nitrogens with two attached hydrogens (primary N) is 1. The van der Waals surface area contributed by atoms with E-state index in [2.05, 4.69) is 0 Å². The van der Waals surface area contributed by atoms with Crippen LogP contribution in [-0.2, 0) is 9.53 Å². The number of hydrogen-bond donors (Lipinski definition) is 5. The standard InChI is InChI=1S/C13H25NO6/c1-3-6(2)10(14)7(16)4-8-11(17)13(19)12(18)9(5-15)20-8/h6,8-13,15,17-19H,3-5,14H2,1-2H3/t6?,8-,9+,10-,11-,12+,13+/m0/s1. The number of aliphatic hydroxyl groups is 4. The van der Waals surface area contributed by atoms with Crippen molar-refractivity contribution in [3.8, 4) is 0 Å². The Morgan fingerprint density at radius 1 is 1.20 bits per heavy atom. The van der Waals surface area contributed by atoms with Crippen LogP contribution in [-0.4, -0.2) is 69.4 Å². The van der Waals surface area contributed by atoms with Gasteiger partial charge in [-0.05, 0) is 5.92 Å². The van der Waals surface area contributed by atoms with E-state index in [9.17, 15) is 20.1 Å². The van der Waals surface area contributed by atoms with Crippen molar-refractivity contribution in [3.63, 3.8) is 0 Å². The van der Waals surface area contributed by atoms with Crippen molar-refractivity contribution in [2.45, 2.75) is 63.3 Å². The minimum absolute atomic E-state index is 0.00684. The monoisotopic (exact) mass is 291 g/mol. The molecular weight excluding hydrogens is 266 g/mol. The van der Waals surface area contributed by atoms with Gasteiger partial charge in [-0.1, -0.05) is 20.3 Å². The molecule has 7 heteroatoms. The molecular formula is C13H25NO6. The molecule has 1 saturated heterocycles. The lowest BCUT2D eigenvalue weighted by Gasteiger charge is -2.40. The van der Waals surface area contributed by atoms with E-state index in [0.717, 1.165) is 6.42 Å². The van der Waals surface area contributed by atoms with E-state index in [4.69, 9.17) is 15.6 Å². The number of aliphatic hydroxyl groups excluding tert-OH is 4. The minimum Gasteiger partial charge on any atom is -0.394 e. The second-order valence-corrected chi connectivity index (χ2v) is 5.45. The van der Waals surface area contributed by atoms with Gasteiger partial charge < -0.3 is 30.9 Å². The summed E-state index contributed by atoms with van der Waals surface area (Å²) in [7, 11) is 0. The summed E-state index contributed by atoms with van der Waals surface area (Å²) in [5.74, 6) is -0.268. The molecule has 0 aromatic rings. The van der Waals surface area contributed by atoms with Gasteiger partial charge in [0.05, 0.1) is 18.8 Å². The summed E-state index contributed by atoms with van der Waals surface area (Å²) in [5.41, 5.74) is 5.81. The number of hydrogen-bond acceptors (Lipinski definition) is 7. The molecule has 0 aromatic carbocycles. The number of ketones is 1. The molecule has 20 heavy (non-hydrogen) atoms. The van der Waals surface area contributed by atoms with Gasteiger partial charge in [0.15, 0.2) is 5.78 Å². The molecule has 0 bridgehead atoms. The Hall–Kier alpha value is -0.570. The van der Waals surface area contributed by atoms with E-state index >= 15 is 0 Å². The molecule has 1 unspecified atom stereocenters. The molecule has 118 valence electrons. The first-order valence-electron chi connectivity index (χ1n) is 6.92. The fourth-order valence-electron chi connectivity index (χ4n) is 2.25. The maximum absolute atomic E-state index is 12.0. The Bertz CT molecular complexity index is 324. The van der Waals surface area contributed by atoms with Gasteiger partial charge in [0.1, 0.15) is 24.4 Å². The first-order chi connectivity index (χ1) is 9.33. The summed E-state index contributed by atoms with van der Waals surface area (Å²) in [5, 5.41) is 38.2. The molecule has 0 amide bonds. The summed E-state index contributed by atoms with van der Waals surface area (Å²) in [6, 6.07) is -0.660. The Labute approximate surface area is 118 Å². The molecule has 6 N–H and O–H groups in total. The quantitative estimate of drug-likeness (QED) is 0.388. The highest BCUT2D eigenvalue weighted by Crippen LogP contribution is 2.24. The fourth-order valence-corrected chi connectivity index (χ4v) is 2.25. The molecule has 0 aliphatic carbocycles. The van der Waals surface area contributed by atoms with E-state index in [0.29, 0.717) is 0 Å². The fraction of sp³-hybridized carbons (Fsp3) is 0.923. The average Bonchev–Trinajstić information content (AvgIpc) is 2.45. The van der Waals surface area contributed by atoms with E-state index in [-0.39, 0.29) is 18.1 Å². The van der Waals surface area contributed by atoms with Crippen LogP contribution in [0.5, 0.6) is 0 Å². The van der Waals surface area contributed by atoms with Gasteiger partial charge in [-0.15, -0.1) is 0 Å². The van der Waals surface area contributed by atoms with E-state index in [1.54, 1.807) is 0 Å². The van der Waals surface area contributed by atoms with Crippen molar-refractivity contribution in [1.82, 2.24) is 0 Å². The number of rotatable bonds is 6. The number of Topliss-reactive ketones (excluding diaryl/α,β-unsaturated/α-hetero) is 1. The van der Waals surface area contributed by atoms with Crippen LogP contribution in [0.4, 0.5) is 0 Å². The third-order valence-corrected chi connectivity index (χ3v) is 4.02. The predicted molar refractivity (Wildman–Crippen MR) is 70.8 cm³/mol.